The van der Waals surface area contributed by atoms with E-state index in [4.69, 9.17) is 19.3 Å². The number of ether oxygens (including phenoxy) is 3. The van der Waals surface area contributed by atoms with Crippen molar-refractivity contribution in [3.05, 3.63) is 69.1 Å². The highest BCUT2D eigenvalue weighted by atomic mass is 16.6. The zero-order valence-electron chi connectivity index (χ0n) is 22.7. The first-order valence-electron chi connectivity index (χ1n) is 13.4. The summed E-state index contributed by atoms with van der Waals surface area (Å²) in [6, 6.07) is 5.76. The molecule has 0 amide bonds. The van der Waals surface area contributed by atoms with Crippen LogP contribution in [0.1, 0.15) is 24.0 Å². The molecule has 1 aliphatic carbocycles. The molecule has 1 fully saturated rings. The van der Waals surface area contributed by atoms with Crippen LogP contribution in [0.5, 0.6) is 11.5 Å². The number of benzene rings is 1. The number of aliphatic hydroxyl groups excluding tert-OH is 5. The Kier molecular flexibility index (Phi) is 10.0. The largest absolute Gasteiger partial charge is 0.510 e. The lowest BCUT2D eigenvalue weighted by atomic mass is 9.98. The predicted molar refractivity (Wildman–Crippen MR) is 147 cm³/mol. The summed E-state index contributed by atoms with van der Waals surface area (Å²) in [5.41, 5.74) is 0.0870. The van der Waals surface area contributed by atoms with Gasteiger partial charge in [0.25, 0.3) is 0 Å². The Hall–Kier alpha value is -4.05. The van der Waals surface area contributed by atoms with Crippen LogP contribution in [0.3, 0.4) is 0 Å². The first-order valence-corrected chi connectivity index (χ1v) is 13.4. The first-order chi connectivity index (χ1) is 20.3. The first kappa shape index (κ1) is 31.9. The van der Waals surface area contributed by atoms with Gasteiger partial charge in [0.1, 0.15) is 48.6 Å². The highest BCUT2D eigenvalue weighted by Gasteiger charge is 2.43. The Bertz CT molecular complexity index is 1500. The Morgan fingerprint density at radius 2 is 1.77 bits per heavy atom. The average Bonchev–Trinajstić information content (AvgIpc) is 3.07. The molecular weight excluding hydrogens is 572 g/mol. The van der Waals surface area contributed by atoms with Gasteiger partial charge in [-0.1, -0.05) is 18.2 Å². The smallest absolute Gasteiger partial charge is 0.328 e. The van der Waals surface area contributed by atoms with E-state index in [0.29, 0.717) is 24.0 Å². The van der Waals surface area contributed by atoms with Crippen LogP contribution < -0.4 is 10.2 Å². The van der Waals surface area contributed by atoms with Gasteiger partial charge in [-0.25, -0.2) is 4.79 Å². The molecule has 43 heavy (non-hydrogen) atoms. The molecule has 0 saturated carbocycles. The van der Waals surface area contributed by atoms with Crippen LogP contribution in [-0.2, 0) is 31.9 Å². The number of carbonyl (C=O) groups is 2. The quantitative estimate of drug-likeness (QED) is 0.165. The maximum absolute atomic E-state index is 13.6. The van der Waals surface area contributed by atoms with E-state index in [1.807, 2.05) is 0 Å². The number of phenols is 1. The highest BCUT2D eigenvalue weighted by molar-refractivity contribution is 5.91. The molecule has 14 nitrogen and oxygen atoms in total. The number of rotatable bonds is 10. The van der Waals surface area contributed by atoms with Crippen molar-refractivity contribution in [3.8, 4) is 11.5 Å². The minimum Gasteiger partial charge on any atom is -0.510 e. The number of phenolic OH excluding ortho intramolecular Hbond substituents is 1. The number of aliphatic hydroxyl groups is 5. The summed E-state index contributed by atoms with van der Waals surface area (Å²) < 4.78 is 16.6. The topological polar surface area (TPSA) is 241 Å². The normalized spacial score (nSPS) is 26.7. The van der Waals surface area contributed by atoms with Gasteiger partial charge in [0.2, 0.25) is 5.43 Å². The average molecular weight is 605 g/mol. The van der Waals surface area contributed by atoms with Gasteiger partial charge in [-0.15, -0.1) is 0 Å². The fourth-order valence-corrected chi connectivity index (χ4v) is 4.97. The van der Waals surface area contributed by atoms with Crippen LogP contribution in [0, 0.1) is 0 Å². The molecule has 1 aliphatic heterocycles. The summed E-state index contributed by atoms with van der Waals surface area (Å²) >= 11 is 0. The minimum atomic E-state index is -1.83. The summed E-state index contributed by atoms with van der Waals surface area (Å²) in [5, 5.41) is 79.0. The van der Waals surface area contributed by atoms with E-state index in [1.54, 1.807) is 6.07 Å². The Morgan fingerprint density at radius 1 is 1.02 bits per heavy atom. The number of carboxylic acid groups (broad SMARTS) is 2. The van der Waals surface area contributed by atoms with Crippen molar-refractivity contribution < 1.29 is 64.7 Å². The molecule has 6 unspecified atom stereocenters. The van der Waals surface area contributed by atoms with E-state index in [0.717, 1.165) is 6.08 Å². The summed E-state index contributed by atoms with van der Waals surface area (Å²) in [4.78, 5) is 35.7. The van der Waals surface area contributed by atoms with E-state index in [1.165, 1.54) is 24.3 Å². The van der Waals surface area contributed by atoms with Crippen molar-refractivity contribution in [2.45, 2.75) is 62.5 Å². The van der Waals surface area contributed by atoms with Crippen molar-refractivity contribution in [1.29, 1.82) is 0 Å². The number of allylic oxidation sites excluding steroid dienone is 2. The molecule has 6 atom stereocenters. The fraction of sp³-hybridized carbons (Fsp3) is 0.414. The summed E-state index contributed by atoms with van der Waals surface area (Å²) in [6.45, 7) is -0.509. The van der Waals surface area contributed by atoms with E-state index in [2.05, 4.69) is 0 Å². The molecule has 1 saturated heterocycles. The van der Waals surface area contributed by atoms with Gasteiger partial charge in [-0.2, -0.15) is 0 Å². The molecule has 0 radical (unpaired) electrons. The van der Waals surface area contributed by atoms with Gasteiger partial charge in [0, 0.05) is 11.6 Å². The lowest BCUT2D eigenvalue weighted by molar-refractivity contribution is -0.285. The highest BCUT2D eigenvalue weighted by Crippen LogP contribution is 2.30. The van der Waals surface area contributed by atoms with Gasteiger partial charge in [0.05, 0.1) is 18.4 Å². The lowest BCUT2D eigenvalue weighted by Gasteiger charge is -2.37. The van der Waals surface area contributed by atoms with Gasteiger partial charge < -0.3 is 55.1 Å². The van der Waals surface area contributed by atoms with Gasteiger partial charge in [-0.3, -0.25) is 9.59 Å². The van der Waals surface area contributed by atoms with Crippen LogP contribution in [0.15, 0.2) is 52.5 Å². The van der Waals surface area contributed by atoms with Crippen LogP contribution in [-0.4, -0.2) is 103 Å². The molecule has 8 N–H and O–H groups in total. The third-order valence-corrected chi connectivity index (χ3v) is 7.21. The van der Waals surface area contributed by atoms with Gasteiger partial charge >= 0.3 is 11.9 Å². The molecule has 2 aliphatic rings. The third-order valence-electron chi connectivity index (χ3n) is 7.21. The molecule has 2 aromatic rings. The fourth-order valence-electron chi connectivity index (χ4n) is 4.97. The lowest BCUT2D eigenvalue weighted by Crippen LogP contribution is -2.58. The molecule has 2 aromatic carbocycles. The second-order valence-electron chi connectivity index (χ2n) is 10.3. The van der Waals surface area contributed by atoms with E-state index in [-0.39, 0.29) is 40.9 Å². The van der Waals surface area contributed by atoms with Crippen LogP contribution in [0.25, 0.3) is 10.8 Å². The standard InChI is InChI=1S/C29H32O14/c30-17-8-13(10-21(31)32)1-4-18(17)41-6-5-14-7-15-2-3-16(11-22(33)34)24(35)23(15)25(36)19(9-14)42-12-20-26(37)27(38)28(39)29(40)43-20/h2-3,7-10,18,20,26-30,35,37-40H,1,4-6,11-12H2,(H,31,32)(H,33,34)/b13-10+. The SMILES string of the molecule is O=C(O)/C=C1/C=C(O)C(OCCc2cc(OCC3OC(O)C(O)C(O)C3O)c(=O)c3c(O)c(CC(=O)O)ccc3c2)CC1. The van der Waals surface area contributed by atoms with E-state index >= 15 is 0 Å². The van der Waals surface area contributed by atoms with Gasteiger partial charge in [0.15, 0.2) is 12.0 Å². The maximum atomic E-state index is 13.6. The summed E-state index contributed by atoms with van der Waals surface area (Å²) in [5.74, 6) is -3.38. The number of fused-ring (bicyclic) bond motifs is 1. The number of hydrogen-bond acceptors (Lipinski definition) is 12. The number of hydrogen-bond donors (Lipinski definition) is 8. The van der Waals surface area contributed by atoms with Crippen LogP contribution in [0.4, 0.5) is 0 Å². The summed E-state index contributed by atoms with van der Waals surface area (Å²) in [7, 11) is 0. The Morgan fingerprint density at radius 3 is 2.44 bits per heavy atom. The molecule has 0 bridgehead atoms. The molecule has 0 aromatic heterocycles. The number of aromatic hydroxyl groups is 1. The van der Waals surface area contributed by atoms with Crippen molar-refractivity contribution in [3.63, 3.8) is 0 Å². The second kappa shape index (κ2) is 13.5. The Labute approximate surface area is 243 Å². The van der Waals surface area contributed by atoms with Crippen LogP contribution >= 0.6 is 0 Å². The predicted octanol–water partition coefficient (Wildman–Crippen LogP) is -0.114. The zero-order valence-corrected chi connectivity index (χ0v) is 22.7. The number of aliphatic carboxylic acids is 2. The third kappa shape index (κ3) is 7.48. The van der Waals surface area contributed by atoms with Crippen molar-refractivity contribution >= 4 is 22.7 Å². The molecule has 1 heterocycles. The monoisotopic (exact) mass is 604 g/mol. The van der Waals surface area contributed by atoms with Crippen molar-refractivity contribution in [2.75, 3.05) is 13.2 Å². The van der Waals surface area contributed by atoms with E-state index in [9.17, 15) is 50.1 Å². The van der Waals surface area contributed by atoms with Crippen molar-refractivity contribution in [1.82, 2.24) is 0 Å². The molecule has 4 rings (SSSR count). The van der Waals surface area contributed by atoms with Crippen molar-refractivity contribution in [2.24, 2.45) is 0 Å². The molecule has 232 valence electrons. The summed E-state index contributed by atoms with van der Waals surface area (Å²) in [6.07, 6.45) is -6.41. The van der Waals surface area contributed by atoms with E-state index < -0.39 is 73.0 Å². The molecule has 0 spiro atoms. The maximum Gasteiger partial charge on any atom is 0.328 e. The zero-order chi connectivity index (χ0) is 31.4. The minimum absolute atomic E-state index is 0.0127. The molecule has 14 heteroatoms. The Balaban J connectivity index is 1.62. The van der Waals surface area contributed by atoms with Gasteiger partial charge in [-0.05, 0) is 47.9 Å². The van der Waals surface area contributed by atoms with Crippen LogP contribution in [0.2, 0.25) is 0 Å². The number of carboxylic acids is 2. The molecular formula is C29H32O14. The second-order valence-corrected chi connectivity index (χ2v) is 10.3.